The average molecular weight is 274 g/mol. The minimum absolute atomic E-state index is 0.450. The van der Waals surface area contributed by atoms with Crippen molar-refractivity contribution >= 4 is 0 Å². The van der Waals surface area contributed by atoms with E-state index in [1.54, 1.807) is 0 Å². The van der Waals surface area contributed by atoms with E-state index < -0.39 is 0 Å². The van der Waals surface area contributed by atoms with Gasteiger partial charge in [0.2, 0.25) is 0 Å². The molecule has 1 aliphatic carbocycles. The molecule has 1 N–H and O–H groups in total. The fraction of sp³-hybridized carbons (Fsp3) is 0.667. The van der Waals surface area contributed by atoms with Gasteiger partial charge in [-0.2, -0.15) is 0 Å². The van der Waals surface area contributed by atoms with Gasteiger partial charge in [0.1, 0.15) is 0 Å². The van der Waals surface area contributed by atoms with E-state index in [2.05, 4.69) is 61.6 Å². The molecule has 0 spiro atoms. The largest absolute Gasteiger partial charge is 0.309 e. The maximum atomic E-state index is 3.81. The van der Waals surface area contributed by atoms with Crippen molar-refractivity contribution in [2.45, 2.75) is 38.6 Å². The van der Waals surface area contributed by atoms with E-state index in [9.17, 15) is 0 Å². The molecule has 1 aromatic carbocycles. The normalized spacial score (nSPS) is 24.8. The summed E-state index contributed by atoms with van der Waals surface area (Å²) in [6, 6.07) is 11.3. The summed E-state index contributed by atoms with van der Waals surface area (Å²) in [5.41, 5.74) is 1.41. The summed E-state index contributed by atoms with van der Waals surface area (Å²) in [7, 11) is 4.31. The molecule has 1 aliphatic rings. The smallest absolute Gasteiger partial charge is 0.0449 e. The van der Waals surface area contributed by atoms with E-state index in [0.29, 0.717) is 6.04 Å². The molecule has 2 nitrogen and oxygen atoms in total. The minimum atomic E-state index is 0.450. The van der Waals surface area contributed by atoms with Crippen LogP contribution in [-0.2, 0) is 0 Å². The summed E-state index contributed by atoms with van der Waals surface area (Å²) in [5, 5.41) is 3.81. The molecule has 1 atom stereocenters. The van der Waals surface area contributed by atoms with Crippen molar-refractivity contribution in [3.8, 4) is 0 Å². The third-order valence-corrected chi connectivity index (χ3v) is 4.54. The topological polar surface area (TPSA) is 15.3 Å². The number of nitrogens with one attached hydrogen (secondary N) is 1. The number of hydrogen-bond donors (Lipinski definition) is 1. The first-order valence-electron chi connectivity index (χ1n) is 8.08. The summed E-state index contributed by atoms with van der Waals surface area (Å²) in [4.78, 5) is 2.27. The van der Waals surface area contributed by atoms with Crippen molar-refractivity contribution < 1.29 is 0 Å². The SMILES string of the molecule is CC1CCC(CNC(CN(C)C)c2ccccc2)CC1. The molecule has 1 aromatic rings. The van der Waals surface area contributed by atoms with Gasteiger partial charge in [-0.15, -0.1) is 0 Å². The molecule has 0 radical (unpaired) electrons. The molecule has 1 unspecified atom stereocenters. The third-order valence-electron chi connectivity index (χ3n) is 4.54. The van der Waals surface area contributed by atoms with Crippen molar-refractivity contribution in [1.82, 2.24) is 10.2 Å². The van der Waals surface area contributed by atoms with Gasteiger partial charge in [0.15, 0.2) is 0 Å². The highest BCUT2D eigenvalue weighted by molar-refractivity contribution is 5.19. The van der Waals surface area contributed by atoms with Crippen LogP contribution < -0.4 is 5.32 Å². The number of benzene rings is 1. The highest BCUT2D eigenvalue weighted by Gasteiger charge is 2.20. The van der Waals surface area contributed by atoms with E-state index >= 15 is 0 Å². The molecular formula is C18H30N2. The van der Waals surface area contributed by atoms with Crippen LogP contribution in [0.25, 0.3) is 0 Å². The summed E-state index contributed by atoms with van der Waals surface area (Å²) in [6.45, 7) is 4.62. The van der Waals surface area contributed by atoms with Gasteiger partial charge >= 0.3 is 0 Å². The molecule has 1 fully saturated rings. The Hall–Kier alpha value is -0.860. The molecule has 2 rings (SSSR count). The molecule has 0 saturated heterocycles. The van der Waals surface area contributed by atoms with Crippen molar-refractivity contribution in [3.63, 3.8) is 0 Å². The number of nitrogens with zero attached hydrogens (tertiary/aromatic N) is 1. The van der Waals surface area contributed by atoms with Crippen LogP contribution in [0.4, 0.5) is 0 Å². The van der Waals surface area contributed by atoms with Gasteiger partial charge in [0.25, 0.3) is 0 Å². The first-order valence-corrected chi connectivity index (χ1v) is 8.08. The lowest BCUT2D eigenvalue weighted by atomic mass is 9.83. The van der Waals surface area contributed by atoms with Gasteiger partial charge in [-0.1, -0.05) is 50.1 Å². The zero-order chi connectivity index (χ0) is 14.4. The zero-order valence-electron chi connectivity index (χ0n) is 13.3. The molecule has 0 bridgehead atoms. The first-order chi connectivity index (χ1) is 9.65. The van der Waals surface area contributed by atoms with Crippen LogP contribution in [0.15, 0.2) is 30.3 Å². The molecule has 20 heavy (non-hydrogen) atoms. The van der Waals surface area contributed by atoms with Crippen molar-refractivity contribution in [2.75, 3.05) is 27.2 Å². The lowest BCUT2D eigenvalue weighted by molar-refractivity contribution is 0.262. The standard InChI is InChI=1S/C18H30N2/c1-15-9-11-16(12-10-15)13-19-18(14-20(2)3)17-7-5-4-6-8-17/h4-8,15-16,18-19H,9-14H2,1-3H3. The van der Waals surface area contributed by atoms with Gasteiger partial charge in [0.05, 0.1) is 0 Å². The maximum absolute atomic E-state index is 3.81. The summed E-state index contributed by atoms with van der Waals surface area (Å²) >= 11 is 0. The van der Waals surface area contributed by atoms with Crippen LogP contribution >= 0.6 is 0 Å². The zero-order valence-corrected chi connectivity index (χ0v) is 13.3. The van der Waals surface area contributed by atoms with Crippen molar-refractivity contribution in [2.24, 2.45) is 11.8 Å². The van der Waals surface area contributed by atoms with Gasteiger partial charge in [0, 0.05) is 12.6 Å². The second kappa shape index (κ2) is 7.80. The minimum Gasteiger partial charge on any atom is -0.309 e. The van der Waals surface area contributed by atoms with Gasteiger partial charge < -0.3 is 10.2 Å². The van der Waals surface area contributed by atoms with Crippen LogP contribution in [0.3, 0.4) is 0 Å². The number of rotatable bonds is 6. The Bertz CT molecular complexity index is 366. The molecule has 0 heterocycles. The third kappa shape index (κ3) is 4.92. The lowest BCUT2D eigenvalue weighted by Gasteiger charge is -2.29. The van der Waals surface area contributed by atoms with E-state index in [4.69, 9.17) is 0 Å². The molecule has 0 aliphatic heterocycles. The number of likely N-dealkylation sites (N-methyl/N-ethyl adjacent to an activating group) is 1. The Balaban J connectivity index is 1.88. The highest BCUT2D eigenvalue weighted by Crippen LogP contribution is 2.28. The summed E-state index contributed by atoms with van der Waals surface area (Å²) in [6.07, 6.45) is 5.63. The van der Waals surface area contributed by atoms with Gasteiger partial charge in [-0.05, 0) is 50.9 Å². The fourth-order valence-electron chi connectivity index (χ4n) is 3.18. The van der Waals surface area contributed by atoms with Crippen molar-refractivity contribution in [1.29, 1.82) is 0 Å². The van der Waals surface area contributed by atoms with Crippen LogP contribution in [0.2, 0.25) is 0 Å². The monoisotopic (exact) mass is 274 g/mol. The predicted molar refractivity (Wildman–Crippen MR) is 86.9 cm³/mol. The molecular weight excluding hydrogens is 244 g/mol. The van der Waals surface area contributed by atoms with E-state index in [1.165, 1.54) is 37.8 Å². The Labute approximate surface area is 124 Å². The average Bonchev–Trinajstić information content (AvgIpc) is 2.46. The predicted octanol–water partition coefficient (Wildman–Crippen LogP) is 3.71. The second-order valence-corrected chi connectivity index (χ2v) is 6.76. The van der Waals surface area contributed by atoms with Crippen LogP contribution in [0, 0.1) is 11.8 Å². The van der Waals surface area contributed by atoms with Gasteiger partial charge in [-0.3, -0.25) is 0 Å². The number of hydrogen-bond acceptors (Lipinski definition) is 2. The quantitative estimate of drug-likeness (QED) is 0.851. The van der Waals surface area contributed by atoms with E-state index in [0.717, 1.165) is 18.4 Å². The lowest BCUT2D eigenvalue weighted by Crippen LogP contribution is -2.35. The molecule has 0 aromatic heterocycles. The Morgan fingerprint density at radius 3 is 2.35 bits per heavy atom. The summed E-state index contributed by atoms with van der Waals surface area (Å²) in [5.74, 6) is 1.82. The van der Waals surface area contributed by atoms with E-state index in [1.807, 2.05) is 0 Å². The molecule has 112 valence electrons. The maximum Gasteiger partial charge on any atom is 0.0449 e. The van der Waals surface area contributed by atoms with E-state index in [-0.39, 0.29) is 0 Å². The highest BCUT2D eigenvalue weighted by atomic mass is 15.1. The van der Waals surface area contributed by atoms with Crippen LogP contribution in [-0.4, -0.2) is 32.1 Å². The van der Waals surface area contributed by atoms with Crippen molar-refractivity contribution in [3.05, 3.63) is 35.9 Å². The van der Waals surface area contributed by atoms with Crippen LogP contribution in [0.1, 0.15) is 44.2 Å². The van der Waals surface area contributed by atoms with Crippen LogP contribution in [0.5, 0.6) is 0 Å². The molecule has 1 saturated carbocycles. The second-order valence-electron chi connectivity index (χ2n) is 6.76. The fourth-order valence-corrected chi connectivity index (χ4v) is 3.18. The Morgan fingerprint density at radius 2 is 1.75 bits per heavy atom. The Morgan fingerprint density at radius 1 is 1.10 bits per heavy atom. The molecule has 2 heteroatoms. The summed E-state index contributed by atoms with van der Waals surface area (Å²) < 4.78 is 0. The first kappa shape index (κ1) is 15.5. The Kier molecular flexibility index (Phi) is 6.06. The van der Waals surface area contributed by atoms with Gasteiger partial charge in [-0.25, -0.2) is 0 Å². The molecule has 0 amide bonds.